The number of hydrogen-bond acceptors (Lipinski definition) is 6. The molecule has 0 bridgehead atoms. The fraction of sp³-hybridized carbons (Fsp3) is 0.421. The fourth-order valence-electron chi connectivity index (χ4n) is 3.54. The van der Waals surface area contributed by atoms with E-state index in [1.807, 2.05) is 4.68 Å². The quantitative estimate of drug-likeness (QED) is 0.611. The summed E-state index contributed by atoms with van der Waals surface area (Å²) in [4.78, 5) is 6.17. The molecule has 3 heterocycles. The smallest absolute Gasteiger partial charge is 0.174 e. The maximum absolute atomic E-state index is 13.2. The molecule has 9 heteroatoms. The van der Waals surface area contributed by atoms with Crippen molar-refractivity contribution in [3.63, 3.8) is 0 Å². The first kappa shape index (κ1) is 20.9. The Morgan fingerprint density at radius 3 is 2.50 bits per heavy atom. The minimum absolute atomic E-state index is 0. The van der Waals surface area contributed by atoms with Crippen LogP contribution in [0.25, 0.3) is 0 Å². The predicted molar refractivity (Wildman–Crippen MR) is 110 cm³/mol. The molecule has 0 aliphatic carbocycles. The summed E-state index contributed by atoms with van der Waals surface area (Å²) in [6, 6.07) is 10.8. The van der Waals surface area contributed by atoms with Crippen molar-refractivity contribution in [2.24, 2.45) is 0 Å². The minimum Gasteiger partial charge on any atom is -0.301 e. The van der Waals surface area contributed by atoms with Gasteiger partial charge in [0.15, 0.2) is 5.82 Å². The highest BCUT2D eigenvalue weighted by Crippen LogP contribution is 2.31. The van der Waals surface area contributed by atoms with Crippen LogP contribution < -0.4 is 0 Å². The number of rotatable bonds is 6. The Morgan fingerprint density at radius 1 is 1.11 bits per heavy atom. The number of tetrazole rings is 1. The van der Waals surface area contributed by atoms with Gasteiger partial charge in [0.1, 0.15) is 11.9 Å². The number of likely N-dealkylation sites (N-methyl/N-ethyl adjacent to an activating group) is 1. The molecule has 1 aliphatic rings. The van der Waals surface area contributed by atoms with Gasteiger partial charge in [-0.05, 0) is 46.1 Å². The van der Waals surface area contributed by atoms with E-state index in [9.17, 15) is 4.39 Å². The third-order valence-electron chi connectivity index (χ3n) is 5.08. The van der Waals surface area contributed by atoms with Crippen molar-refractivity contribution in [1.29, 1.82) is 0 Å². The van der Waals surface area contributed by atoms with Crippen molar-refractivity contribution in [2.75, 3.05) is 32.7 Å². The molecule has 0 radical (unpaired) electrons. The number of nitrogens with zero attached hydrogens (tertiary/aromatic N) is 6. The number of aromatic nitrogens is 4. The van der Waals surface area contributed by atoms with E-state index >= 15 is 0 Å². The summed E-state index contributed by atoms with van der Waals surface area (Å²) in [5, 5.41) is 14.6. The average Bonchev–Trinajstić information content (AvgIpc) is 3.38. The highest BCUT2D eigenvalue weighted by Gasteiger charge is 2.30. The summed E-state index contributed by atoms with van der Waals surface area (Å²) in [7, 11) is 0. The molecular formula is C19H24ClFN6S. The Morgan fingerprint density at radius 2 is 1.86 bits per heavy atom. The Balaban J connectivity index is 0.00000225. The van der Waals surface area contributed by atoms with E-state index in [-0.39, 0.29) is 24.3 Å². The first-order valence-corrected chi connectivity index (χ1v) is 10.1. The fourth-order valence-corrected chi connectivity index (χ4v) is 4.39. The summed E-state index contributed by atoms with van der Waals surface area (Å²) < 4.78 is 15.0. The van der Waals surface area contributed by atoms with Gasteiger partial charge in [-0.1, -0.05) is 25.1 Å². The van der Waals surface area contributed by atoms with E-state index in [0.29, 0.717) is 6.54 Å². The van der Waals surface area contributed by atoms with Crippen LogP contribution in [0.5, 0.6) is 0 Å². The first-order valence-electron chi connectivity index (χ1n) is 9.25. The highest BCUT2D eigenvalue weighted by atomic mass is 35.5. The first-order chi connectivity index (χ1) is 13.2. The van der Waals surface area contributed by atoms with Gasteiger partial charge in [0.05, 0.1) is 6.54 Å². The zero-order valence-corrected chi connectivity index (χ0v) is 17.4. The van der Waals surface area contributed by atoms with E-state index in [0.717, 1.165) is 44.1 Å². The van der Waals surface area contributed by atoms with Crippen LogP contribution in [-0.2, 0) is 6.54 Å². The zero-order valence-electron chi connectivity index (χ0n) is 15.7. The predicted octanol–water partition coefficient (Wildman–Crippen LogP) is 3.07. The maximum Gasteiger partial charge on any atom is 0.174 e. The lowest BCUT2D eigenvalue weighted by Crippen LogP contribution is -2.48. The summed E-state index contributed by atoms with van der Waals surface area (Å²) in [5.41, 5.74) is 0.977. The molecule has 0 saturated carbocycles. The van der Waals surface area contributed by atoms with Crippen molar-refractivity contribution < 1.29 is 4.39 Å². The molecule has 0 N–H and O–H groups in total. The molecule has 0 spiro atoms. The highest BCUT2D eigenvalue weighted by molar-refractivity contribution is 7.10. The summed E-state index contributed by atoms with van der Waals surface area (Å²) >= 11 is 1.73. The molecule has 1 fully saturated rings. The Kier molecular flexibility index (Phi) is 7.12. The van der Waals surface area contributed by atoms with Crippen molar-refractivity contribution in [1.82, 2.24) is 30.0 Å². The average molecular weight is 423 g/mol. The SMILES string of the molecule is CCN1CCN(C(c2cccs2)c2nnnn2Cc2ccc(F)cc2)CC1.Cl. The molecule has 1 aliphatic heterocycles. The molecule has 6 nitrogen and oxygen atoms in total. The molecule has 150 valence electrons. The Hall–Kier alpha value is -1.87. The number of halogens is 2. The van der Waals surface area contributed by atoms with Crippen molar-refractivity contribution in [2.45, 2.75) is 19.5 Å². The van der Waals surface area contributed by atoms with Crippen LogP contribution in [0.4, 0.5) is 4.39 Å². The van der Waals surface area contributed by atoms with Crippen LogP contribution in [0.2, 0.25) is 0 Å². The number of hydrogen-bond donors (Lipinski definition) is 0. The van der Waals surface area contributed by atoms with E-state index < -0.39 is 0 Å². The van der Waals surface area contributed by atoms with Crippen molar-refractivity contribution in [3.05, 3.63) is 63.9 Å². The van der Waals surface area contributed by atoms with Gasteiger partial charge in [-0.15, -0.1) is 28.8 Å². The van der Waals surface area contributed by atoms with Gasteiger partial charge in [0, 0.05) is 31.1 Å². The van der Waals surface area contributed by atoms with Gasteiger partial charge in [-0.3, -0.25) is 4.90 Å². The monoisotopic (exact) mass is 422 g/mol. The lowest BCUT2D eigenvalue weighted by atomic mass is 10.1. The second-order valence-corrected chi connectivity index (χ2v) is 7.69. The molecular weight excluding hydrogens is 399 g/mol. The molecule has 3 aromatic rings. The second-order valence-electron chi connectivity index (χ2n) is 6.71. The van der Waals surface area contributed by atoms with Gasteiger partial charge in [0.25, 0.3) is 0 Å². The van der Waals surface area contributed by atoms with Crippen LogP contribution in [0.1, 0.15) is 29.2 Å². The number of thiophene rings is 1. The normalized spacial score (nSPS) is 16.6. The summed E-state index contributed by atoms with van der Waals surface area (Å²) in [5.74, 6) is 0.604. The Labute approximate surface area is 174 Å². The molecule has 2 aromatic heterocycles. The largest absolute Gasteiger partial charge is 0.301 e. The van der Waals surface area contributed by atoms with Gasteiger partial charge in [0.2, 0.25) is 0 Å². The molecule has 1 atom stereocenters. The third-order valence-corrected chi connectivity index (χ3v) is 6.01. The molecule has 1 aromatic carbocycles. The lowest BCUT2D eigenvalue weighted by molar-refractivity contribution is 0.110. The van der Waals surface area contributed by atoms with Crippen LogP contribution >= 0.6 is 23.7 Å². The van der Waals surface area contributed by atoms with E-state index in [1.165, 1.54) is 17.0 Å². The van der Waals surface area contributed by atoms with E-state index in [2.05, 4.69) is 49.8 Å². The van der Waals surface area contributed by atoms with Crippen LogP contribution in [0, 0.1) is 5.82 Å². The number of benzene rings is 1. The molecule has 28 heavy (non-hydrogen) atoms. The minimum atomic E-state index is -0.235. The van der Waals surface area contributed by atoms with Gasteiger partial charge >= 0.3 is 0 Å². The molecule has 0 amide bonds. The third kappa shape index (κ3) is 4.57. The standard InChI is InChI=1S/C19H23FN6S.ClH/c1-2-24-9-11-25(12-10-24)18(17-4-3-13-27-17)19-21-22-23-26(19)14-15-5-7-16(20)8-6-15;/h3-8,13,18H,2,9-12,14H2,1H3;1H. The van der Waals surface area contributed by atoms with Crippen LogP contribution in [0.3, 0.4) is 0 Å². The van der Waals surface area contributed by atoms with Crippen LogP contribution in [0.15, 0.2) is 41.8 Å². The van der Waals surface area contributed by atoms with Gasteiger partial charge < -0.3 is 4.90 Å². The topological polar surface area (TPSA) is 50.1 Å². The van der Waals surface area contributed by atoms with Crippen LogP contribution in [-0.4, -0.2) is 62.7 Å². The lowest BCUT2D eigenvalue weighted by Gasteiger charge is -2.38. The van der Waals surface area contributed by atoms with E-state index in [1.54, 1.807) is 23.5 Å². The number of piperazine rings is 1. The van der Waals surface area contributed by atoms with Gasteiger partial charge in [-0.2, -0.15) is 0 Å². The second kappa shape index (κ2) is 9.56. The summed E-state index contributed by atoms with van der Waals surface area (Å²) in [6.45, 7) is 7.89. The zero-order chi connectivity index (χ0) is 18.6. The molecule has 4 rings (SSSR count). The van der Waals surface area contributed by atoms with Gasteiger partial charge in [-0.25, -0.2) is 9.07 Å². The van der Waals surface area contributed by atoms with E-state index in [4.69, 9.17) is 0 Å². The molecule has 1 unspecified atom stereocenters. The summed E-state index contributed by atoms with van der Waals surface area (Å²) in [6.07, 6.45) is 0. The van der Waals surface area contributed by atoms with Crippen molar-refractivity contribution in [3.8, 4) is 0 Å². The maximum atomic E-state index is 13.2. The molecule has 1 saturated heterocycles. The Bertz CT molecular complexity index is 846. The van der Waals surface area contributed by atoms with Crippen molar-refractivity contribution >= 4 is 23.7 Å².